The Labute approximate surface area is 94.6 Å². The zero-order valence-corrected chi connectivity index (χ0v) is 10.8. The second kappa shape index (κ2) is 5.32. The van der Waals surface area contributed by atoms with E-state index in [1.807, 2.05) is 0 Å². The van der Waals surface area contributed by atoms with E-state index in [-0.39, 0.29) is 5.82 Å². The molecule has 5 heteroatoms. The molecule has 82 valence electrons. The SMILES string of the molecule is C[Si](C)(C)O/N=C/Sc1ccc(F)cc1. The molecule has 0 heterocycles. The maximum Gasteiger partial charge on any atom is 0.278 e. The van der Waals surface area contributed by atoms with Gasteiger partial charge in [0.1, 0.15) is 11.4 Å². The highest BCUT2D eigenvalue weighted by Gasteiger charge is 2.15. The lowest BCUT2D eigenvalue weighted by atomic mass is 10.4. The fraction of sp³-hybridized carbons (Fsp3) is 0.300. The van der Waals surface area contributed by atoms with Crippen molar-refractivity contribution in [3.63, 3.8) is 0 Å². The molecule has 0 saturated heterocycles. The highest BCUT2D eigenvalue weighted by molar-refractivity contribution is 8.12. The zero-order chi connectivity index (χ0) is 11.3. The molecule has 0 fully saturated rings. The van der Waals surface area contributed by atoms with Gasteiger partial charge in [0.2, 0.25) is 0 Å². The van der Waals surface area contributed by atoms with Crippen LogP contribution in [-0.2, 0) is 4.53 Å². The summed E-state index contributed by atoms with van der Waals surface area (Å²) in [7, 11) is -1.58. The van der Waals surface area contributed by atoms with E-state index in [0.29, 0.717) is 0 Å². The van der Waals surface area contributed by atoms with Crippen molar-refractivity contribution in [2.75, 3.05) is 0 Å². The quantitative estimate of drug-likeness (QED) is 0.264. The van der Waals surface area contributed by atoms with Crippen molar-refractivity contribution in [2.24, 2.45) is 5.16 Å². The second-order valence-electron chi connectivity index (χ2n) is 3.99. The van der Waals surface area contributed by atoms with Gasteiger partial charge in [-0.2, -0.15) is 0 Å². The van der Waals surface area contributed by atoms with E-state index >= 15 is 0 Å². The summed E-state index contributed by atoms with van der Waals surface area (Å²) in [5.74, 6) is -0.227. The van der Waals surface area contributed by atoms with Crippen LogP contribution in [0.25, 0.3) is 0 Å². The molecule has 1 rings (SSSR count). The molecule has 0 spiro atoms. The third-order valence-corrected chi connectivity index (χ3v) is 2.76. The normalized spacial score (nSPS) is 12.0. The van der Waals surface area contributed by atoms with Crippen LogP contribution in [0.4, 0.5) is 4.39 Å². The Morgan fingerprint density at radius 1 is 1.27 bits per heavy atom. The Bertz CT molecular complexity index is 334. The molecule has 0 aliphatic heterocycles. The third kappa shape index (κ3) is 5.59. The number of hydrogen-bond acceptors (Lipinski definition) is 3. The molecule has 0 N–H and O–H groups in total. The van der Waals surface area contributed by atoms with Gasteiger partial charge in [-0.1, -0.05) is 11.8 Å². The van der Waals surface area contributed by atoms with Crippen molar-refractivity contribution in [3.8, 4) is 0 Å². The number of thioether (sulfide) groups is 1. The maximum atomic E-state index is 12.6. The molecule has 0 bridgehead atoms. The van der Waals surface area contributed by atoms with Crippen molar-refractivity contribution in [3.05, 3.63) is 30.1 Å². The molecule has 0 aliphatic carbocycles. The first-order valence-electron chi connectivity index (χ1n) is 4.60. The summed E-state index contributed by atoms with van der Waals surface area (Å²) >= 11 is 1.41. The van der Waals surface area contributed by atoms with E-state index in [1.165, 1.54) is 23.9 Å². The predicted octanol–water partition coefficient (Wildman–Crippen LogP) is 3.71. The molecule has 0 aromatic heterocycles. The fourth-order valence-electron chi connectivity index (χ4n) is 0.775. The van der Waals surface area contributed by atoms with Crippen LogP contribution in [0.1, 0.15) is 0 Å². The molecule has 1 aromatic rings. The summed E-state index contributed by atoms with van der Waals surface area (Å²) in [4.78, 5) is 0.944. The third-order valence-electron chi connectivity index (χ3n) is 1.37. The number of rotatable bonds is 4. The van der Waals surface area contributed by atoms with Crippen LogP contribution in [0.15, 0.2) is 34.3 Å². The number of hydrogen-bond donors (Lipinski definition) is 0. The summed E-state index contributed by atoms with van der Waals surface area (Å²) in [5, 5.41) is 3.87. The minimum atomic E-state index is -1.58. The van der Waals surface area contributed by atoms with Crippen LogP contribution in [0, 0.1) is 5.82 Å². The zero-order valence-electron chi connectivity index (χ0n) is 9.03. The first-order chi connectivity index (χ1) is 6.97. The van der Waals surface area contributed by atoms with E-state index in [4.69, 9.17) is 4.53 Å². The van der Waals surface area contributed by atoms with Crippen molar-refractivity contribution in [1.29, 1.82) is 0 Å². The van der Waals surface area contributed by atoms with Crippen molar-refractivity contribution >= 4 is 25.6 Å². The number of benzene rings is 1. The van der Waals surface area contributed by atoms with Gasteiger partial charge >= 0.3 is 0 Å². The summed E-state index contributed by atoms with van der Waals surface area (Å²) in [6.45, 7) is 6.19. The minimum absolute atomic E-state index is 0.227. The molecule has 1 aromatic carbocycles. The summed E-state index contributed by atoms with van der Waals surface area (Å²) < 4.78 is 17.9. The van der Waals surface area contributed by atoms with Gasteiger partial charge in [-0.25, -0.2) is 4.39 Å². The maximum absolute atomic E-state index is 12.6. The van der Waals surface area contributed by atoms with Crippen LogP contribution < -0.4 is 0 Å². The lowest BCUT2D eigenvalue weighted by molar-refractivity contribution is 0.339. The van der Waals surface area contributed by atoms with Crippen molar-refractivity contribution in [1.82, 2.24) is 0 Å². The highest BCUT2D eigenvalue weighted by atomic mass is 32.2. The predicted molar refractivity (Wildman–Crippen MR) is 65.2 cm³/mol. The van der Waals surface area contributed by atoms with E-state index in [2.05, 4.69) is 24.8 Å². The summed E-state index contributed by atoms with van der Waals surface area (Å²) in [6.07, 6.45) is 0. The molecule has 0 radical (unpaired) electrons. The van der Waals surface area contributed by atoms with E-state index in [1.54, 1.807) is 17.7 Å². The van der Waals surface area contributed by atoms with Crippen LogP contribution >= 0.6 is 11.8 Å². The minimum Gasteiger partial charge on any atom is -0.455 e. The monoisotopic (exact) mass is 243 g/mol. The molecule has 0 amide bonds. The first kappa shape index (κ1) is 12.3. The fourth-order valence-corrected chi connectivity index (χ4v) is 1.72. The van der Waals surface area contributed by atoms with Gasteiger partial charge in [-0.3, -0.25) is 0 Å². The van der Waals surface area contributed by atoms with Crippen LogP contribution in [-0.4, -0.2) is 13.9 Å². The molecular formula is C10H14FNOSSi. The highest BCUT2D eigenvalue weighted by Crippen LogP contribution is 2.15. The van der Waals surface area contributed by atoms with E-state index in [9.17, 15) is 4.39 Å². The molecule has 0 atom stereocenters. The largest absolute Gasteiger partial charge is 0.455 e. The second-order valence-corrected chi connectivity index (χ2v) is 9.31. The van der Waals surface area contributed by atoms with E-state index < -0.39 is 8.32 Å². The van der Waals surface area contributed by atoms with Crippen LogP contribution in [0.2, 0.25) is 19.6 Å². The van der Waals surface area contributed by atoms with E-state index in [0.717, 1.165) is 4.90 Å². The molecule has 0 aliphatic rings. The topological polar surface area (TPSA) is 21.6 Å². The van der Waals surface area contributed by atoms with Gasteiger partial charge < -0.3 is 4.53 Å². The van der Waals surface area contributed by atoms with Crippen LogP contribution in [0.5, 0.6) is 0 Å². The number of oxime groups is 1. The van der Waals surface area contributed by atoms with Gasteiger partial charge in [-0.05, 0) is 43.9 Å². The van der Waals surface area contributed by atoms with Gasteiger partial charge in [0.15, 0.2) is 0 Å². The van der Waals surface area contributed by atoms with Gasteiger partial charge in [0.05, 0.1) is 0 Å². The Morgan fingerprint density at radius 3 is 2.40 bits per heavy atom. The van der Waals surface area contributed by atoms with Crippen LogP contribution in [0.3, 0.4) is 0 Å². The standard InChI is InChI=1S/C10H14FNOSSi/c1-15(2,3)13-12-8-14-10-6-4-9(11)5-7-10/h4-8H,1-3H3/b12-8+. The lowest BCUT2D eigenvalue weighted by Crippen LogP contribution is -2.21. The average molecular weight is 243 g/mol. The summed E-state index contributed by atoms with van der Waals surface area (Å²) in [6, 6.07) is 6.27. The molecule has 0 unspecified atom stereocenters. The first-order valence-corrected chi connectivity index (χ1v) is 8.88. The Morgan fingerprint density at radius 2 is 1.87 bits per heavy atom. The molecule has 2 nitrogen and oxygen atoms in total. The number of nitrogens with zero attached hydrogens (tertiary/aromatic N) is 1. The van der Waals surface area contributed by atoms with Gasteiger partial charge in [0, 0.05) is 4.90 Å². The Kier molecular flexibility index (Phi) is 4.35. The number of halogens is 1. The Hall–Kier alpha value is -0.813. The lowest BCUT2D eigenvalue weighted by Gasteiger charge is -2.11. The molecule has 0 saturated carbocycles. The summed E-state index contributed by atoms with van der Waals surface area (Å²) in [5.41, 5.74) is 1.63. The average Bonchev–Trinajstić information content (AvgIpc) is 2.14. The molecular weight excluding hydrogens is 229 g/mol. The van der Waals surface area contributed by atoms with Crippen molar-refractivity contribution < 1.29 is 8.92 Å². The van der Waals surface area contributed by atoms with Crippen molar-refractivity contribution in [2.45, 2.75) is 24.5 Å². The van der Waals surface area contributed by atoms with Gasteiger partial charge in [0.25, 0.3) is 8.32 Å². The molecule has 15 heavy (non-hydrogen) atoms. The Balaban J connectivity index is 2.40. The van der Waals surface area contributed by atoms with Gasteiger partial charge in [-0.15, -0.1) is 5.16 Å². The smallest absolute Gasteiger partial charge is 0.278 e.